The first-order valence-electron chi connectivity index (χ1n) is 1.89. The van der Waals surface area contributed by atoms with E-state index in [4.69, 9.17) is 10.5 Å². The summed E-state index contributed by atoms with van der Waals surface area (Å²) < 4.78 is 0. The molecule has 1 N–H and O–H groups in total. The molecule has 8 heavy (non-hydrogen) atoms. The number of rotatable bonds is 1. The summed E-state index contributed by atoms with van der Waals surface area (Å²) in [6.45, 7) is 0. The molecule has 0 spiro atoms. The molecule has 0 saturated carbocycles. The molecule has 0 amide bonds. The monoisotopic (exact) mass is 108 g/mol. The molecule has 0 atom stereocenters. The minimum absolute atomic E-state index is 0.160. The first-order valence-corrected chi connectivity index (χ1v) is 1.89. The number of hydrogen-bond acceptors (Lipinski definition) is 4. The van der Waals surface area contributed by atoms with Crippen LogP contribution >= 0.6 is 0 Å². The molecule has 0 saturated heterocycles. The lowest BCUT2D eigenvalue weighted by Gasteiger charge is -1.80. The lowest BCUT2D eigenvalue weighted by molar-refractivity contribution is 0.905. The SMILES string of the molecule is CNN=C(C#N)C#N. The second-order valence-corrected chi connectivity index (χ2v) is 0.908. The Morgan fingerprint density at radius 2 is 2.00 bits per heavy atom. The van der Waals surface area contributed by atoms with E-state index in [0.29, 0.717) is 0 Å². The maximum Gasteiger partial charge on any atom is 0.236 e. The van der Waals surface area contributed by atoms with Crippen molar-refractivity contribution >= 4 is 5.71 Å². The van der Waals surface area contributed by atoms with Crippen LogP contribution in [-0.2, 0) is 0 Å². The van der Waals surface area contributed by atoms with Crippen molar-refractivity contribution in [3.05, 3.63) is 0 Å². The van der Waals surface area contributed by atoms with Crippen molar-refractivity contribution < 1.29 is 0 Å². The summed E-state index contributed by atoms with van der Waals surface area (Å²) in [4.78, 5) is 0. The smallest absolute Gasteiger partial charge is 0.236 e. The second kappa shape index (κ2) is 3.63. The highest BCUT2D eigenvalue weighted by molar-refractivity contribution is 6.09. The van der Waals surface area contributed by atoms with Gasteiger partial charge in [-0.2, -0.15) is 15.6 Å². The highest BCUT2D eigenvalue weighted by Crippen LogP contribution is 1.65. The Morgan fingerprint density at radius 1 is 1.50 bits per heavy atom. The van der Waals surface area contributed by atoms with E-state index in [2.05, 4.69) is 10.5 Å². The van der Waals surface area contributed by atoms with Crippen LogP contribution in [0.4, 0.5) is 0 Å². The summed E-state index contributed by atoms with van der Waals surface area (Å²) in [5, 5.41) is 19.3. The Kier molecular flexibility index (Phi) is 2.93. The Morgan fingerprint density at radius 3 is 2.12 bits per heavy atom. The molecule has 0 rings (SSSR count). The zero-order chi connectivity index (χ0) is 6.41. The Bertz CT molecular complexity index is 151. The molecular formula is C4H4N4. The Labute approximate surface area is 47.0 Å². The third kappa shape index (κ3) is 1.78. The number of hydrogen-bond donors (Lipinski definition) is 1. The highest BCUT2D eigenvalue weighted by atomic mass is 15.3. The molecular weight excluding hydrogens is 104 g/mol. The van der Waals surface area contributed by atoms with Gasteiger partial charge in [0, 0.05) is 7.05 Å². The van der Waals surface area contributed by atoms with Crippen LogP contribution in [0.2, 0.25) is 0 Å². The van der Waals surface area contributed by atoms with Gasteiger partial charge in [0.25, 0.3) is 0 Å². The molecule has 0 aliphatic rings. The molecule has 4 heteroatoms. The summed E-state index contributed by atoms with van der Waals surface area (Å²) in [7, 11) is 1.52. The third-order valence-electron chi connectivity index (χ3n) is 0.435. The first kappa shape index (κ1) is 6.45. The van der Waals surface area contributed by atoms with Gasteiger partial charge in [0.2, 0.25) is 5.71 Å². The topological polar surface area (TPSA) is 72.0 Å². The van der Waals surface area contributed by atoms with E-state index in [-0.39, 0.29) is 5.71 Å². The van der Waals surface area contributed by atoms with Crippen molar-refractivity contribution in [2.45, 2.75) is 0 Å². The van der Waals surface area contributed by atoms with Crippen molar-refractivity contribution in [2.75, 3.05) is 7.05 Å². The van der Waals surface area contributed by atoms with Crippen LogP contribution in [0.25, 0.3) is 0 Å². The van der Waals surface area contributed by atoms with Crippen LogP contribution in [0.1, 0.15) is 0 Å². The van der Waals surface area contributed by atoms with Gasteiger partial charge in [-0.05, 0) is 0 Å². The predicted molar refractivity (Wildman–Crippen MR) is 27.7 cm³/mol. The fourth-order valence-corrected chi connectivity index (χ4v) is 0.187. The molecule has 0 heterocycles. The van der Waals surface area contributed by atoms with Crippen molar-refractivity contribution in [1.82, 2.24) is 5.43 Å². The average Bonchev–Trinajstić information content (AvgIpc) is 1.83. The van der Waals surface area contributed by atoms with Crippen LogP contribution in [0, 0.1) is 22.7 Å². The zero-order valence-electron chi connectivity index (χ0n) is 4.34. The molecule has 0 unspecified atom stereocenters. The molecule has 0 aliphatic carbocycles. The minimum atomic E-state index is -0.160. The molecule has 4 nitrogen and oxygen atoms in total. The summed E-state index contributed by atoms with van der Waals surface area (Å²) in [5.41, 5.74) is 2.15. The van der Waals surface area contributed by atoms with Gasteiger partial charge in [-0.15, -0.1) is 0 Å². The van der Waals surface area contributed by atoms with Gasteiger partial charge < -0.3 is 5.43 Å². The minimum Gasteiger partial charge on any atom is -0.311 e. The fraction of sp³-hybridized carbons (Fsp3) is 0.250. The maximum atomic E-state index is 8.01. The van der Waals surface area contributed by atoms with Gasteiger partial charge in [0.05, 0.1) is 0 Å². The quantitative estimate of drug-likeness (QED) is 0.367. The van der Waals surface area contributed by atoms with Crippen LogP contribution in [0.3, 0.4) is 0 Å². The zero-order valence-corrected chi connectivity index (χ0v) is 4.34. The van der Waals surface area contributed by atoms with Gasteiger partial charge in [-0.1, -0.05) is 0 Å². The van der Waals surface area contributed by atoms with Gasteiger partial charge in [-0.3, -0.25) is 0 Å². The van der Waals surface area contributed by atoms with E-state index >= 15 is 0 Å². The van der Waals surface area contributed by atoms with E-state index in [9.17, 15) is 0 Å². The number of nitrogens with one attached hydrogen (secondary N) is 1. The van der Waals surface area contributed by atoms with Crippen molar-refractivity contribution in [3.8, 4) is 12.1 Å². The van der Waals surface area contributed by atoms with Crippen LogP contribution < -0.4 is 5.43 Å². The van der Waals surface area contributed by atoms with Crippen LogP contribution in [-0.4, -0.2) is 12.8 Å². The number of nitriles is 2. The van der Waals surface area contributed by atoms with Gasteiger partial charge in [0.1, 0.15) is 12.1 Å². The van der Waals surface area contributed by atoms with E-state index in [1.807, 2.05) is 0 Å². The van der Waals surface area contributed by atoms with E-state index in [0.717, 1.165) is 0 Å². The van der Waals surface area contributed by atoms with Gasteiger partial charge in [-0.25, -0.2) is 0 Å². The molecule has 0 aromatic rings. The van der Waals surface area contributed by atoms with Gasteiger partial charge in [0.15, 0.2) is 0 Å². The van der Waals surface area contributed by atoms with Crippen molar-refractivity contribution in [3.63, 3.8) is 0 Å². The van der Waals surface area contributed by atoms with E-state index < -0.39 is 0 Å². The molecule has 0 aliphatic heterocycles. The maximum absolute atomic E-state index is 8.01. The lowest BCUT2D eigenvalue weighted by atomic mass is 10.5. The molecule has 0 aromatic heterocycles. The molecule has 0 radical (unpaired) electrons. The average molecular weight is 108 g/mol. The molecule has 0 bridgehead atoms. The summed E-state index contributed by atoms with van der Waals surface area (Å²) in [6, 6.07) is 3.16. The summed E-state index contributed by atoms with van der Waals surface area (Å²) in [5.74, 6) is 0. The summed E-state index contributed by atoms with van der Waals surface area (Å²) >= 11 is 0. The third-order valence-corrected chi connectivity index (χ3v) is 0.435. The Hall–Kier alpha value is -1.55. The molecule has 0 aromatic carbocycles. The van der Waals surface area contributed by atoms with Crippen LogP contribution in [0.5, 0.6) is 0 Å². The van der Waals surface area contributed by atoms with E-state index in [1.165, 1.54) is 7.05 Å². The van der Waals surface area contributed by atoms with Crippen LogP contribution in [0.15, 0.2) is 5.10 Å². The van der Waals surface area contributed by atoms with Gasteiger partial charge >= 0.3 is 0 Å². The summed E-state index contributed by atoms with van der Waals surface area (Å²) in [6.07, 6.45) is 0. The van der Waals surface area contributed by atoms with Crippen molar-refractivity contribution in [2.24, 2.45) is 5.10 Å². The molecule has 0 fully saturated rings. The normalized spacial score (nSPS) is 5.88. The highest BCUT2D eigenvalue weighted by Gasteiger charge is 1.87. The van der Waals surface area contributed by atoms with Crippen molar-refractivity contribution in [1.29, 1.82) is 10.5 Å². The standard InChI is InChI=1S/C4H4N4/c1-7-8-4(2-5)3-6/h7H,1H3. The Balaban J connectivity index is 3.99. The number of nitrogens with zero attached hydrogens (tertiary/aromatic N) is 3. The largest absolute Gasteiger partial charge is 0.311 e. The number of hydrazone groups is 1. The second-order valence-electron chi connectivity index (χ2n) is 0.908. The lowest BCUT2D eigenvalue weighted by Crippen LogP contribution is -1.99. The fourth-order valence-electron chi connectivity index (χ4n) is 0.187. The molecule has 40 valence electrons. The predicted octanol–water partition coefficient (Wildman–Crippen LogP) is -0.391. The van der Waals surface area contributed by atoms with E-state index in [1.54, 1.807) is 12.1 Å². The first-order chi connectivity index (χ1) is 3.85.